The highest BCUT2D eigenvalue weighted by atomic mass is 16.2. The van der Waals surface area contributed by atoms with Crippen molar-refractivity contribution < 1.29 is 4.79 Å². The summed E-state index contributed by atoms with van der Waals surface area (Å²) < 4.78 is 0. The summed E-state index contributed by atoms with van der Waals surface area (Å²) in [7, 11) is 0. The van der Waals surface area contributed by atoms with Gasteiger partial charge in [0.15, 0.2) is 0 Å². The second kappa shape index (κ2) is 6.77. The lowest BCUT2D eigenvalue weighted by atomic mass is 9.82. The largest absolute Gasteiger partial charge is 0.273 e. The zero-order chi connectivity index (χ0) is 12.8. The quantitative estimate of drug-likeness (QED) is 0.592. The summed E-state index contributed by atoms with van der Waals surface area (Å²) in [6.07, 6.45) is 5.42. The number of carbonyl (C=O) groups excluding carboxylic acids is 1. The first kappa shape index (κ1) is 14.2. The molecule has 2 unspecified atom stereocenters. The van der Waals surface area contributed by atoms with Crippen molar-refractivity contribution in [2.75, 3.05) is 0 Å². The van der Waals surface area contributed by atoms with Crippen LogP contribution in [-0.4, -0.2) is 11.6 Å². The van der Waals surface area contributed by atoms with E-state index in [1.807, 2.05) is 6.92 Å². The minimum Gasteiger partial charge on any atom is -0.273 e. The van der Waals surface area contributed by atoms with E-state index in [0.717, 1.165) is 25.0 Å². The molecule has 1 saturated carbocycles. The van der Waals surface area contributed by atoms with Gasteiger partial charge in [-0.15, -0.1) is 0 Å². The number of nitrogens with zero attached hydrogens (tertiary/aromatic N) is 1. The third-order valence-electron chi connectivity index (χ3n) is 3.37. The molecule has 1 aliphatic rings. The van der Waals surface area contributed by atoms with Gasteiger partial charge in [-0.1, -0.05) is 33.6 Å². The normalized spacial score (nSPS) is 26.1. The van der Waals surface area contributed by atoms with Gasteiger partial charge in [0.05, 0.1) is 0 Å². The fourth-order valence-corrected chi connectivity index (χ4v) is 2.55. The molecule has 1 aliphatic carbocycles. The first-order chi connectivity index (χ1) is 7.99. The number of rotatable bonds is 4. The average Bonchev–Trinajstić information content (AvgIpc) is 2.25. The van der Waals surface area contributed by atoms with E-state index in [0.29, 0.717) is 11.8 Å². The maximum atomic E-state index is 11.9. The number of nitrogens with one attached hydrogen (secondary N) is 1. The van der Waals surface area contributed by atoms with E-state index in [9.17, 15) is 4.79 Å². The van der Waals surface area contributed by atoms with Crippen LogP contribution in [0.2, 0.25) is 0 Å². The van der Waals surface area contributed by atoms with Crippen molar-refractivity contribution in [1.82, 2.24) is 5.43 Å². The van der Waals surface area contributed by atoms with Crippen LogP contribution in [0.3, 0.4) is 0 Å². The molecule has 1 N–H and O–H groups in total. The van der Waals surface area contributed by atoms with E-state index in [1.54, 1.807) is 0 Å². The maximum absolute atomic E-state index is 11.9. The van der Waals surface area contributed by atoms with Gasteiger partial charge >= 0.3 is 0 Å². The second-order valence-corrected chi connectivity index (χ2v) is 5.89. The standard InChI is InChI=1S/C14H26N2O/c1-10(2)8-12(4)15-16-14(17)13-7-5-6-11(3)9-13/h10-11,13H,5-9H2,1-4H3,(H,16,17)/b15-12+. The third-order valence-corrected chi connectivity index (χ3v) is 3.37. The van der Waals surface area contributed by atoms with Crippen molar-refractivity contribution in [3.63, 3.8) is 0 Å². The van der Waals surface area contributed by atoms with Crippen LogP contribution < -0.4 is 5.43 Å². The first-order valence-corrected chi connectivity index (χ1v) is 6.82. The van der Waals surface area contributed by atoms with Crippen LogP contribution in [0.25, 0.3) is 0 Å². The summed E-state index contributed by atoms with van der Waals surface area (Å²) >= 11 is 0. The van der Waals surface area contributed by atoms with Crippen LogP contribution in [-0.2, 0) is 4.79 Å². The van der Waals surface area contributed by atoms with Gasteiger partial charge in [-0.2, -0.15) is 5.10 Å². The Balaban J connectivity index is 2.38. The average molecular weight is 238 g/mol. The molecular formula is C14H26N2O. The number of hydrazone groups is 1. The van der Waals surface area contributed by atoms with Crippen molar-refractivity contribution in [2.24, 2.45) is 22.9 Å². The molecule has 0 aromatic rings. The summed E-state index contributed by atoms with van der Waals surface area (Å²) in [6, 6.07) is 0. The van der Waals surface area contributed by atoms with Crippen LogP contribution in [0, 0.1) is 17.8 Å². The lowest BCUT2D eigenvalue weighted by molar-refractivity contribution is -0.126. The molecule has 0 spiro atoms. The Morgan fingerprint density at radius 1 is 1.41 bits per heavy atom. The SMILES string of the molecule is C/C(CC(C)C)=N\NC(=O)C1CCCC(C)C1. The summed E-state index contributed by atoms with van der Waals surface area (Å²) in [6.45, 7) is 8.52. The Bertz CT molecular complexity index is 284. The van der Waals surface area contributed by atoms with Crippen LogP contribution in [0.15, 0.2) is 5.10 Å². The topological polar surface area (TPSA) is 41.5 Å². The van der Waals surface area contributed by atoms with Crippen LogP contribution in [0.5, 0.6) is 0 Å². The summed E-state index contributed by atoms with van der Waals surface area (Å²) in [5.41, 5.74) is 3.74. The minimum atomic E-state index is 0.111. The Kier molecular flexibility index (Phi) is 5.66. The molecular weight excluding hydrogens is 212 g/mol. The van der Waals surface area contributed by atoms with Crippen LogP contribution in [0.4, 0.5) is 0 Å². The molecule has 3 heteroatoms. The molecule has 0 radical (unpaired) electrons. The monoisotopic (exact) mass is 238 g/mol. The number of hydrogen-bond acceptors (Lipinski definition) is 2. The molecule has 1 rings (SSSR count). The fourth-order valence-electron chi connectivity index (χ4n) is 2.55. The Hall–Kier alpha value is -0.860. The van der Waals surface area contributed by atoms with Crippen molar-refractivity contribution in [2.45, 2.75) is 59.8 Å². The van der Waals surface area contributed by atoms with Gasteiger partial charge in [0, 0.05) is 11.6 Å². The minimum absolute atomic E-state index is 0.111. The van der Waals surface area contributed by atoms with E-state index in [1.165, 1.54) is 12.8 Å². The molecule has 3 nitrogen and oxygen atoms in total. The molecule has 0 aliphatic heterocycles. The zero-order valence-electron chi connectivity index (χ0n) is 11.6. The predicted molar refractivity (Wildman–Crippen MR) is 71.8 cm³/mol. The van der Waals surface area contributed by atoms with Gasteiger partial charge in [-0.05, 0) is 38.0 Å². The van der Waals surface area contributed by atoms with Crippen LogP contribution in [0.1, 0.15) is 59.8 Å². The van der Waals surface area contributed by atoms with Crippen molar-refractivity contribution in [1.29, 1.82) is 0 Å². The predicted octanol–water partition coefficient (Wildman–Crippen LogP) is 3.35. The Morgan fingerprint density at radius 2 is 2.12 bits per heavy atom. The van der Waals surface area contributed by atoms with E-state index in [2.05, 4.69) is 31.3 Å². The molecule has 0 heterocycles. The van der Waals surface area contributed by atoms with Crippen molar-refractivity contribution in [3.05, 3.63) is 0 Å². The number of amides is 1. The summed E-state index contributed by atoms with van der Waals surface area (Å²) in [5, 5.41) is 4.18. The zero-order valence-corrected chi connectivity index (χ0v) is 11.6. The fraction of sp³-hybridized carbons (Fsp3) is 0.857. The molecule has 0 aromatic heterocycles. The summed E-state index contributed by atoms with van der Waals surface area (Å²) in [4.78, 5) is 11.9. The third kappa shape index (κ3) is 5.33. The lowest BCUT2D eigenvalue weighted by Gasteiger charge is -2.24. The van der Waals surface area contributed by atoms with Gasteiger partial charge in [0.25, 0.3) is 0 Å². The Labute approximate surface area is 105 Å². The molecule has 0 bridgehead atoms. The molecule has 98 valence electrons. The van der Waals surface area contributed by atoms with Gasteiger partial charge in [-0.25, -0.2) is 5.43 Å². The molecule has 0 saturated heterocycles. The molecule has 0 aromatic carbocycles. The molecule has 1 amide bonds. The highest BCUT2D eigenvalue weighted by Crippen LogP contribution is 2.28. The van der Waals surface area contributed by atoms with Gasteiger partial charge in [0.2, 0.25) is 5.91 Å². The Morgan fingerprint density at radius 3 is 2.71 bits per heavy atom. The smallest absolute Gasteiger partial charge is 0.243 e. The van der Waals surface area contributed by atoms with Crippen LogP contribution >= 0.6 is 0 Å². The molecule has 2 atom stereocenters. The highest BCUT2D eigenvalue weighted by molar-refractivity contribution is 5.85. The molecule has 1 fully saturated rings. The van der Waals surface area contributed by atoms with Gasteiger partial charge < -0.3 is 0 Å². The van der Waals surface area contributed by atoms with E-state index in [4.69, 9.17) is 0 Å². The lowest BCUT2D eigenvalue weighted by Crippen LogP contribution is -2.31. The van der Waals surface area contributed by atoms with Gasteiger partial charge in [0.1, 0.15) is 0 Å². The van der Waals surface area contributed by atoms with E-state index >= 15 is 0 Å². The summed E-state index contributed by atoms with van der Waals surface area (Å²) in [5.74, 6) is 1.56. The van der Waals surface area contributed by atoms with Crippen molar-refractivity contribution in [3.8, 4) is 0 Å². The maximum Gasteiger partial charge on any atom is 0.243 e. The van der Waals surface area contributed by atoms with Gasteiger partial charge in [-0.3, -0.25) is 4.79 Å². The second-order valence-electron chi connectivity index (χ2n) is 5.89. The number of carbonyl (C=O) groups is 1. The van der Waals surface area contributed by atoms with E-state index < -0.39 is 0 Å². The molecule has 17 heavy (non-hydrogen) atoms. The highest BCUT2D eigenvalue weighted by Gasteiger charge is 2.24. The van der Waals surface area contributed by atoms with Crippen molar-refractivity contribution >= 4 is 11.6 Å². The number of hydrogen-bond donors (Lipinski definition) is 1. The van der Waals surface area contributed by atoms with E-state index in [-0.39, 0.29) is 11.8 Å². The first-order valence-electron chi connectivity index (χ1n) is 6.82.